The molecule has 3 heteroatoms. The summed E-state index contributed by atoms with van der Waals surface area (Å²) in [4.78, 5) is 0. The molecule has 0 bridgehead atoms. The lowest BCUT2D eigenvalue weighted by atomic mass is 10.1. The number of hydrogen-bond acceptors (Lipinski definition) is 2. The Balaban J connectivity index is 2.90. The van der Waals surface area contributed by atoms with Crippen molar-refractivity contribution in [2.24, 2.45) is 0 Å². The van der Waals surface area contributed by atoms with E-state index >= 15 is 0 Å². The van der Waals surface area contributed by atoms with Crippen LogP contribution < -0.4 is 0 Å². The molecule has 2 nitrogen and oxygen atoms in total. The molecular formula is C12H7FN2. The van der Waals surface area contributed by atoms with E-state index < -0.39 is 5.82 Å². The zero-order valence-corrected chi connectivity index (χ0v) is 7.92. The fraction of sp³-hybridized carbons (Fsp3) is 0.167. The summed E-state index contributed by atoms with van der Waals surface area (Å²) in [5.74, 6) is 4.82. The molecule has 1 aromatic rings. The van der Waals surface area contributed by atoms with E-state index in [-0.39, 0.29) is 12.8 Å². The van der Waals surface area contributed by atoms with Crippen LogP contribution in [0.25, 0.3) is 0 Å². The highest BCUT2D eigenvalue weighted by Gasteiger charge is 2.01. The smallest absolute Gasteiger partial charge is 0.128 e. The lowest BCUT2D eigenvalue weighted by molar-refractivity contribution is 0.615. The molecule has 1 rings (SSSR count). The Labute approximate surface area is 87.6 Å². The monoisotopic (exact) mass is 198 g/mol. The van der Waals surface area contributed by atoms with Crippen LogP contribution >= 0.6 is 0 Å². The molecule has 0 spiro atoms. The third-order valence-electron chi connectivity index (χ3n) is 1.72. The van der Waals surface area contributed by atoms with E-state index in [0.29, 0.717) is 11.1 Å². The number of halogens is 1. The molecule has 0 aliphatic carbocycles. The maximum absolute atomic E-state index is 13.3. The first-order valence-corrected chi connectivity index (χ1v) is 4.29. The average Bonchev–Trinajstić information content (AvgIpc) is 2.23. The summed E-state index contributed by atoms with van der Waals surface area (Å²) in [5, 5.41) is 16.7. The van der Waals surface area contributed by atoms with E-state index in [1.165, 1.54) is 12.1 Å². The van der Waals surface area contributed by atoms with Crippen molar-refractivity contribution in [2.45, 2.75) is 12.8 Å². The highest BCUT2D eigenvalue weighted by Crippen LogP contribution is 2.10. The van der Waals surface area contributed by atoms with Crippen LogP contribution in [-0.4, -0.2) is 0 Å². The third-order valence-corrected chi connectivity index (χ3v) is 1.72. The molecule has 0 saturated heterocycles. The van der Waals surface area contributed by atoms with Gasteiger partial charge in [0, 0.05) is 11.1 Å². The van der Waals surface area contributed by atoms with Gasteiger partial charge in [0.25, 0.3) is 0 Å². The second-order valence-corrected chi connectivity index (χ2v) is 2.78. The van der Waals surface area contributed by atoms with Gasteiger partial charge in [0.15, 0.2) is 0 Å². The molecule has 0 saturated carbocycles. The summed E-state index contributed by atoms with van der Waals surface area (Å²) in [6.07, 6.45) is 0.180. The van der Waals surface area contributed by atoms with Crippen molar-refractivity contribution in [2.75, 3.05) is 0 Å². The SMILES string of the molecule is N#CCC#Cc1ccc(CC#N)c(F)c1. The van der Waals surface area contributed by atoms with Crippen LogP contribution in [0.1, 0.15) is 17.5 Å². The van der Waals surface area contributed by atoms with Crippen LogP contribution in [0.4, 0.5) is 4.39 Å². The van der Waals surface area contributed by atoms with Gasteiger partial charge >= 0.3 is 0 Å². The van der Waals surface area contributed by atoms with Crippen molar-refractivity contribution < 1.29 is 4.39 Å². The zero-order chi connectivity index (χ0) is 11.1. The van der Waals surface area contributed by atoms with Gasteiger partial charge in [-0.1, -0.05) is 17.9 Å². The van der Waals surface area contributed by atoms with Gasteiger partial charge in [-0.3, -0.25) is 0 Å². The first-order valence-electron chi connectivity index (χ1n) is 4.29. The molecule has 1 aromatic carbocycles. The lowest BCUT2D eigenvalue weighted by Crippen LogP contribution is -1.89. The molecule has 0 unspecified atom stereocenters. The summed E-state index contributed by atoms with van der Waals surface area (Å²) in [5.41, 5.74) is 0.882. The topological polar surface area (TPSA) is 47.6 Å². The molecule has 0 fully saturated rings. The van der Waals surface area contributed by atoms with E-state index in [4.69, 9.17) is 10.5 Å². The minimum Gasteiger partial charge on any atom is -0.207 e. The molecule has 0 aliphatic heterocycles. The Morgan fingerprint density at radius 3 is 2.60 bits per heavy atom. The highest BCUT2D eigenvalue weighted by atomic mass is 19.1. The second-order valence-electron chi connectivity index (χ2n) is 2.78. The summed E-state index contributed by atoms with van der Waals surface area (Å²) in [6.45, 7) is 0. The van der Waals surface area contributed by atoms with Gasteiger partial charge in [-0.2, -0.15) is 10.5 Å². The van der Waals surface area contributed by atoms with Crippen molar-refractivity contribution in [1.82, 2.24) is 0 Å². The predicted octanol–water partition coefficient (Wildman–Crippen LogP) is 2.16. The molecule has 0 N–H and O–H groups in total. The second kappa shape index (κ2) is 5.43. The molecule has 0 heterocycles. The van der Waals surface area contributed by atoms with Crippen LogP contribution in [0.15, 0.2) is 18.2 Å². The Morgan fingerprint density at radius 2 is 2.00 bits per heavy atom. The lowest BCUT2D eigenvalue weighted by Gasteiger charge is -1.97. The summed E-state index contributed by atoms with van der Waals surface area (Å²) >= 11 is 0. The minimum atomic E-state index is -0.430. The Bertz CT molecular complexity index is 495. The molecular weight excluding hydrogens is 191 g/mol. The number of hydrogen-bond donors (Lipinski definition) is 0. The van der Waals surface area contributed by atoms with Gasteiger partial charge < -0.3 is 0 Å². The summed E-state index contributed by atoms with van der Waals surface area (Å²) in [7, 11) is 0. The standard InChI is InChI=1S/C12H7FN2/c13-12-9-10(3-1-2-7-14)4-5-11(12)6-8-15/h4-5,9H,2,6H2. The van der Waals surface area contributed by atoms with E-state index in [1.807, 2.05) is 12.1 Å². The van der Waals surface area contributed by atoms with Crippen molar-refractivity contribution in [3.05, 3.63) is 35.1 Å². The molecule has 0 radical (unpaired) electrons. The predicted molar refractivity (Wildman–Crippen MR) is 52.8 cm³/mol. The van der Waals surface area contributed by atoms with Crippen molar-refractivity contribution in [3.8, 4) is 24.0 Å². The highest BCUT2D eigenvalue weighted by molar-refractivity contribution is 5.38. The molecule has 15 heavy (non-hydrogen) atoms. The third kappa shape index (κ3) is 3.14. The molecule has 0 amide bonds. The van der Waals surface area contributed by atoms with Crippen LogP contribution in [-0.2, 0) is 6.42 Å². The minimum absolute atomic E-state index is 0.0533. The van der Waals surface area contributed by atoms with Gasteiger partial charge in [-0.25, -0.2) is 4.39 Å². The number of nitrogens with zero attached hydrogens (tertiary/aromatic N) is 2. The van der Waals surface area contributed by atoms with Crippen LogP contribution in [0.2, 0.25) is 0 Å². The fourth-order valence-corrected chi connectivity index (χ4v) is 1.04. The van der Waals surface area contributed by atoms with E-state index in [9.17, 15) is 4.39 Å². The number of benzene rings is 1. The summed E-state index contributed by atoms with van der Waals surface area (Å²) < 4.78 is 13.3. The van der Waals surface area contributed by atoms with E-state index in [1.54, 1.807) is 6.07 Å². The van der Waals surface area contributed by atoms with Crippen molar-refractivity contribution >= 4 is 0 Å². The molecule has 0 atom stereocenters. The Morgan fingerprint density at radius 1 is 1.20 bits per heavy atom. The number of rotatable bonds is 1. The largest absolute Gasteiger partial charge is 0.207 e. The quantitative estimate of drug-likeness (QED) is 0.649. The first-order chi connectivity index (χ1) is 7.27. The van der Waals surface area contributed by atoms with Crippen LogP contribution in [0, 0.1) is 40.3 Å². The molecule has 0 aliphatic rings. The maximum Gasteiger partial charge on any atom is 0.128 e. The normalized spacial score (nSPS) is 8.20. The maximum atomic E-state index is 13.3. The van der Waals surface area contributed by atoms with E-state index in [2.05, 4.69) is 11.8 Å². The van der Waals surface area contributed by atoms with Crippen LogP contribution in [0.5, 0.6) is 0 Å². The van der Waals surface area contributed by atoms with Gasteiger partial charge in [0.05, 0.1) is 25.0 Å². The fourth-order valence-electron chi connectivity index (χ4n) is 1.04. The van der Waals surface area contributed by atoms with Gasteiger partial charge in [-0.05, 0) is 12.1 Å². The first kappa shape index (κ1) is 10.8. The summed E-state index contributed by atoms with van der Waals surface area (Å²) in [6, 6.07) is 8.20. The Hall–Kier alpha value is -2.31. The van der Waals surface area contributed by atoms with Crippen molar-refractivity contribution in [1.29, 1.82) is 10.5 Å². The zero-order valence-electron chi connectivity index (χ0n) is 7.92. The van der Waals surface area contributed by atoms with Crippen molar-refractivity contribution in [3.63, 3.8) is 0 Å². The average molecular weight is 198 g/mol. The van der Waals surface area contributed by atoms with Crippen LogP contribution in [0.3, 0.4) is 0 Å². The van der Waals surface area contributed by atoms with E-state index in [0.717, 1.165) is 0 Å². The van der Waals surface area contributed by atoms with Gasteiger partial charge in [-0.15, -0.1) is 0 Å². The molecule has 0 aromatic heterocycles. The Kier molecular flexibility index (Phi) is 3.90. The van der Waals surface area contributed by atoms with Gasteiger partial charge in [0.2, 0.25) is 0 Å². The van der Waals surface area contributed by atoms with Gasteiger partial charge in [0.1, 0.15) is 5.82 Å². The number of nitriles is 2. The molecule has 72 valence electrons.